The van der Waals surface area contributed by atoms with Crippen LogP contribution in [0.25, 0.3) is 0 Å². The predicted molar refractivity (Wildman–Crippen MR) is 73.3 cm³/mol. The molecule has 0 spiro atoms. The highest BCUT2D eigenvalue weighted by molar-refractivity contribution is 5.93. The number of nitrogen functional groups attached to an aromatic ring is 1. The van der Waals surface area contributed by atoms with E-state index < -0.39 is 5.91 Å². The van der Waals surface area contributed by atoms with E-state index in [1.807, 2.05) is 5.43 Å². The first-order valence-corrected chi connectivity index (χ1v) is 6.67. The number of carbonyl (C=O) groups excluding carboxylic acids is 2. The highest BCUT2D eigenvalue weighted by Crippen LogP contribution is 2.34. The van der Waals surface area contributed by atoms with E-state index in [4.69, 9.17) is 10.3 Å². The second kappa shape index (κ2) is 5.28. The minimum atomic E-state index is -0.402. The summed E-state index contributed by atoms with van der Waals surface area (Å²) >= 11 is 0. The Hall–Kier alpha value is -1.82. The van der Waals surface area contributed by atoms with Gasteiger partial charge in [-0.3, -0.25) is 15.0 Å². The van der Waals surface area contributed by atoms with Gasteiger partial charge in [0, 0.05) is 13.0 Å². The molecule has 2 amide bonds. The van der Waals surface area contributed by atoms with Gasteiger partial charge in [0.1, 0.15) is 12.0 Å². The standard InChI is InChI=1S/C14H21N3O3/c1-14(2,3)10-5-12(18)17(6-10)7-11-4-9(8-20-11)13(19)16-15/h4,8,10H,5-7,15H2,1-3H3,(H,16,19). The van der Waals surface area contributed by atoms with Gasteiger partial charge in [0.15, 0.2) is 0 Å². The van der Waals surface area contributed by atoms with Crippen molar-refractivity contribution >= 4 is 11.8 Å². The fraction of sp³-hybridized carbons (Fsp3) is 0.571. The average Bonchev–Trinajstić information content (AvgIpc) is 2.96. The normalized spacial score (nSPS) is 19.5. The molecule has 6 heteroatoms. The molecule has 0 aliphatic carbocycles. The van der Waals surface area contributed by atoms with Crippen molar-refractivity contribution in [3.63, 3.8) is 0 Å². The van der Waals surface area contributed by atoms with Crippen LogP contribution in [-0.4, -0.2) is 23.3 Å². The molecule has 1 atom stereocenters. The summed E-state index contributed by atoms with van der Waals surface area (Å²) in [5.41, 5.74) is 2.52. The van der Waals surface area contributed by atoms with E-state index in [2.05, 4.69) is 20.8 Å². The molecule has 2 rings (SSSR count). The fourth-order valence-corrected chi connectivity index (χ4v) is 2.36. The Morgan fingerprint density at radius 3 is 2.80 bits per heavy atom. The predicted octanol–water partition coefficient (Wildman–Crippen LogP) is 1.28. The fourth-order valence-electron chi connectivity index (χ4n) is 2.36. The maximum absolute atomic E-state index is 12.0. The van der Waals surface area contributed by atoms with Crippen LogP contribution in [0.2, 0.25) is 0 Å². The Morgan fingerprint density at radius 2 is 2.25 bits per heavy atom. The van der Waals surface area contributed by atoms with E-state index >= 15 is 0 Å². The zero-order valence-electron chi connectivity index (χ0n) is 12.1. The first-order chi connectivity index (χ1) is 9.31. The Balaban J connectivity index is 2.02. The van der Waals surface area contributed by atoms with E-state index in [-0.39, 0.29) is 11.3 Å². The lowest BCUT2D eigenvalue weighted by Gasteiger charge is -2.26. The molecule has 1 aromatic rings. The number of nitrogens with one attached hydrogen (secondary N) is 1. The Kier molecular flexibility index (Phi) is 3.85. The Labute approximate surface area is 118 Å². The lowest BCUT2D eigenvalue weighted by Crippen LogP contribution is -2.29. The molecule has 1 unspecified atom stereocenters. The first kappa shape index (κ1) is 14.6. The monoisotopic (exact) mass is 279 g/mol. The van der Waals surface area contributed by atoms with E-state index in [1.54, 1.807) is 11.0 Å². The molecule has 1 aliphatic heterocycles. The Bertz CT molecular complexity index is 516. The molecule has 110 valence electrons. The summed E-state index contributed by atoms with van der Waals surface area (Å²) in [6.07, 6.45) is 1.92. The average molecular weight is 279 g/mol. The van der Waals surface area contributed by atoms with Crippen LogP contribution in [0.3, 0.4) is 0 Å². The van der Waals surface area contributed by atoms with Gasteiger partial charge in [0.05, 0.1) is 12.1 Å². The summed E-state index contributed by atoms with van der Waals surface area (Å²) in [5, 5.41) is 0. The van der Waals surface area contributed by atoms with Crippen LogP contribution in [0.1, 0.15) is 43.3 Å². The molecular weight excluding hydrogens is 258 g/mol. The summed E-state index contributed by atoms with van der Waals surface area (Å²) in [7, 11) is 0. The lowest BCUT2D eigenvalue weighted by molar-refractivity contribution is -0.128. The molecule has 1 saturated heterocycles. The minimum Gasteiger partial charge on any atom is -0.467 e. The maximum atomic E-state index is 12.0. The van der Waals surface area contributed by atoms with Crippen molar-refractivity contribution in [1.29, 1.82) is 0 Å². The minimum absolute atomic E-state index is 0.109. The number of amides is 2. The number of nitrogens with zero attached hydrogens (tertiary/aromatic N) is 1. The number of hydrazine groups is 1. The number of likely N-dealkylation sites (tertiary alicyclic amines) is 1. The molecule has 0 radical (unpaired) electrons. The third kappa shape index (κ3) is 3.01. The zero-order chi connectivity index (χ0) is 14.9. The van der Waals surface area contributed by atoms with Gasteiger partial charge in [0.2, 0.25) is 5.91 Å². The summed E-state index contributed by atoms with van der Waals surface area (Å²) in [6, 6.07) is 1.61. The highest BCUT2D eigenvalue weighted by Gasteiger charge is 2.37. The van der Waals surface area contributed by atoms with Gasteiger partial charge in [-0.25, -0.2) is 5.84 Å². The number of furan rings is 1. The van der Waals surface area contributed by atoms with E-state index in [1.165, 1.54) is 6.26 Å². The molecule has 3 N–H and O–H groups in total. The number of hydrogen-bond donors (Lipinski definition) is 2. The molecule has 1 aliphatic rings. The van der Waals surface area contributed by atoms with E-state index in [0.717, 1.165) is 6.54 Å². The topological polar surface area (TPSA) is 88.6 Å². The van der Waals surface area contributed by atoms with Gasteiger partial charge in [-0.15, -0.1) is 0 Å². The van der Waals surface area contributed by atoms with Crippen molar-refractivity contribution in [3.05, 3.63) is 23.7 Å². The quantitative estimate of drug-likeness (QED) is 0.495. The van der Waals surface area contributed by atoms with Crippen molar-refractivity contribution in [2.75, 3.05) is 6.54 Å². The Morgan fingerprint density at radius 1 is 1.55 bits per heavy atom. The molecule has 6 nitrogen and oxygen atoms in total. The largest absolute Gasteiger partial charge is 0.467 e. The van der Waals surface area contributed by atoms with Crippen LogP contribution in [0.4, 0.5) is 0 Å². The molecule has 20 heavy (non-hydrogen) atoms. The SMILES string of the molecule is CC(C)(C)C1CC(=O)N(Cc2cc(C(=O)NN)co2)C1. The molecular formula is C14H21N3O3. The smallest absolute Gasteiger partial charge is 0.268 e. The number of carbonyl (C=O) groups is 2. The number of nitrogens with two attached hydrogens (primary N) is 1. The van der Waals surface area contributed by atoms with Gasteiger partial charge in [-0.2, -0.15) is 0 Å². The summed E-state index contributed by atoms with van der Waals surface area (Å²) in [6.45, 7) is 7.55. The van der Waals surface area contributed by atoms with Crippen molar-refractivity contribution < 1.29 is 14.0 Å². The van der Waals surface area contributed by atoms with Crippen molar-refractivity contribution in [3.8, 4) is 0 Å². The van der Waals surface area contributed by atoms with Crippen LogP contribution in [-0.2, 0) is 11.3 Å². The second-order valence-corrected chi connectivity index (χ2v) is 6.32. The van der Waals surface area contributed by atoms with E-state index in [0.29, 0.717) is 30.2 Å². The highest BCUT2D eigenvalue weighted by atomic mass is 16.3. The molecule has 1 fully saturated rings. The lowest BCUT2D eigenvalue weighted by atomic mass is 9.80. The van der Waals surface area contributed by atoms with Crippen molar-refractivity contribution in [2.24, 2.45) is 17.2 Å². The second-order valence-electron chi connectivity index (χ2n) is 6.32. The molecule has 0 saturated carbocycles. The van der Waals surface area contributed by atoms with Crippen LogP contribution < -0.4 is 11.3 Å². The molecule has 0 aromatic carbocycles. The maximum Gasteiger partial charge on any atom is 0.268 e. The molecule has 1 aromatic heterocycles. The van der Waals surface area contributed by atoms with Gasteiger partial charge < -0.3 is 9.32 Å². The van der Waals surface area contributed by atoms with Gasteiger partial charge >= 0.3 is 0 Å². The summed E-state index contributed by atoms with van der Waals surface area (Å²) in [4.78, 5) is 25.1. The van der Waals surface area contributed by atoms with Crippen LogP contribution in [0, 0.1) is 11.3 Å². The molecule has 2 heterocycles. The third-order valence-electron chi connectivity index (χ3n) is 3.83. The van der Waals surface area contributed by atoms with Crippen LogP contribution >= 0.6 is 0 Å². The van der Waals surface area contributed by atoms with Crippen LogP contribution in [0.5, 0.6) is 0 Å². The summed E-state index contributed by atoms with van der Waals surface area (Å²) in [5.74, 6) is 5.72. The van der Waals surface area contributed by atoms with Gasteiger partial charge in [-0.1, -0.05) is 20.8 Å². The number of hydrogen-bond acceptors (Lipinski definition) is 4. The van der Waals surface area contributed by atoms with Gasteiger partial charge in [0.25, 0.3) is 5.91 Å². The first-order valence-electron chi connectivity index (χ1n) is 6.67. The van der Waals surface area contributed by atoms with Gasteiger partial charge in [-0.05, 0) is 17.4 Å². The summed E-state index contributed by atoms with van der Waals surface area (Å²) < 4.78 is 5.31. The van der Waals surface area contributed by atoms with E-state index in [9.17, 15) is 9.59 Å². The van der Waals surface area contributed by atoms with Crippen LogP contribution in [0.15, 0.2) is 16.7 Å². The molecule has 0 bridgehead atoms. The number of rotatable bonds is 3. The third-order valence-corrected chi connectivity index (χ3v) is 3.83. The van der Waals surface area contributed by atoms with Crippen molar-refractivity contribution in [1.82, 2.24) is 10.3 Å². The zero-order valence-corrected chi connectivity index (χ0v) is 12.1. The van der Waals surface area contributed by atoms with Crippen molar-refractivity contribution in [2.45, 2.75) is 33.7 Å².